The van der Waals surface area contributed by atoms with Crippen molar-refractivity contribution in [3.63, 3.8) is 0 Å². The van der Waals surface area contributed by atoms with E-state index in [1.165, 1.54) is 12.1 Å². The van der Waals surface area contributed by atoms with Gasteiger partial charge in [-0.2, -0.15) is 0 Å². The number of nitrogens with zero attached hydrogens (tertiary/aromatic N) is 2. The molecule has 0 bridgehead atoms. The first kappa shape index (κ1) is 15.1. The minimum absolute atomic E-state index is 0.0373. The molecule has 6 heteroatoms. The van der Waals surface area contributed by atoms with E-state index in [1.54, 1.807) is 12.1 Å². The number of hydrogen-bond donors (Lipinski definition) is 3. The molecule has 1 atom stereocenters. The molecule has 0 radical (unpaired) electrons. The number of aromatic nitrogens is 2. The molecular weight excluding hydrogens is 294 g/mol. The Balaban J connectivity index is 1.72. The van der Waals surface area contributed by atoms with Gasteiger partial charge in [-0.25, -0.2) is 4.98 Å². The predicted molar refractivity (Wildman–Crippen MR) is 85.3 cm³/mol. The Morgan fingerprint density at radius 3 is 2.87 bits per heavy atom. The number of benzene rings is 1. The number of carbonyl (C=O) groups is 1. The number of fused-ring (bicyclic) bond motifs is 1. The van der Waals surface area contributed by atoms with Gasteiger partial charge in [0.25, 0.3) is 5.91 Å². The Bertz CT molecular complexity index is 857. The number of imidazole rings is 1. The highest BCUT2D eigenvalue weighted by Gasteiger charge is 2.17. The van der Waals surface area contributed by atoms with Crippen LogP contribution in [-0.4, -0.2) is 32.0 Å². The summed E-state index contributed by atoms with van der Waals surface area (Å²) in [5.74, 6) is -0.269. The maximum Gasteiger partial charge on any atom is 0.271 e. The average molecular weight is 311 g/mol. The molecule has 0 fully saturated rings. The second kappa shape index (κ2) is 6.10. The number of aryl methyl sites for hydroxylation is 1. The van der Waals surface area contributed by atoms with E-state index in [4.69, 9.17) is 0 Å². The second-order valence-corrected chi connectivity index (χ2v) is 5.30. The van der Waals surface area contributed by atoms with E-state index in [9.17, 15) is 15.0 Å². The zero-order valence-electron chi connectivity index (χ0n) is 12.6. The number of aliphatic hydroxyl groups excluding tert-OH is 1. The highest BCUT2D eigenvalue weighted by atomic mass is 16.3. The number of carbonyl (C=O) groups excluding carboxylic acids is 1. The molecule has 0 aliphatic rings. The van der Waals surface area contributed by atoms with Crippen LogP contribution in [0.4, 0.5) is 0 Å². The van der Waals surface area contributed by atoms with Crippen LogP contribution in [0.1, 0.15) is 27.8 Å². The monoisotopic (exact) mass is 311 g/mol. The summed E-state index contributed by atoms with van der Waals surface area (Å²) in [5.41, 5.74) is 2.31. The van der Waals surface area contributed by atoms with E-state index in [2.05, 4.69) is 10.3 Å². The molecule has 0 aliphatic heterocycles. The van der Waals surface area contributed by atoms with Crippen LogP contribution in [-0.2, 0) is 0 Å². The van der Waals surface area contributed by atoms with E-state index in [-0.39, 0.29) is 18.2 Å². The minimum Gasteiger partial charge on any atom is -0.508 e. The maximum absolute atomic E-state index is 12.3. The first-order valence-corrected chi connectivity index (χ1v) is 7.25. The van der Waals surface area contributed by atoms with Gasteiger partial charge >= 0.3 is 0 Å². The fourth-order valence-corrected chi connectivity index (χ4v) is 2.46. The van der Waals surface area contributed by atoms with Crippen molar-refractivity contribution >= 4 is 11.6 Å². The van der Waals surface area contributed by atoms with Crippen molar-refractivity contribution in [2.75, 3.05) is 6.54 Å². The zero-order valence-corrected chi connectivity index (χ0v) is 12.6. The fourth-order valence-electron chi connectivity index (χ4n) is 2.46. The van der Waals surface area contributed by atoms with E-state index < -0.39 is 6.10 Å². The maximum atomic E-state index is 12.3. The molecule has 23 heavy (non-hydrogen) atoms. The molecule has 0 saturated carbocycles. The lowest BCUT2D eigenvalue weighted by molar-refractivity contribution is 0.0911. The molecule has 2 aromatic heterocycles. The van der Waals surface area contributed by atoms with Crippen LogP contribution in [0.5, 0.6) is 5.75 Å². The Morgan fingerprint density at radius 2 is 2.13 bits per heavy atom. The molecule has 0 saturated heterocycles. The van der Waals surface area contributed by atoms with E-state index >= 15 is 0 Å². The van der Waals surface area contributed by atoms with Crippen LogP contribution >= 0.6 is 0 Å². The van der Waals surface area contributed by atoms with E-state index in [0.717, 1.165) is 5.69 Å². The fraction of sp³-hybridized carbons (Fsp3) is 0.176. The smallest absolute Gasteiger partial charge is 0.271 e. The number of amides is 1. The van der Waals surface area contributed by atoms with Crippen LogP contribution in [0.15, 0.2) is 48.7 Å². The molecule has 118 valence electrons. The predicted octanol–water partition coefficient (Wildman–Crippen LogP) is 1.81. The summed E-state index contributed by atoms with van der Waals surface area (Å²) in [5, 5.41) is 22.2. The zero-order chi connectivity index (χ0) is 16.4. The first-order chi connectivity index (χ1) is 11.1. The molecular formula is C17H17N3O3. The summed E-state index contributed by atoms with van der Waals surface area (Å²) in [6, 6.07) is 11.9. The van der Waals surface area contributed by atoms with Gasteiger partial charge < -0.3 is 19.9 Å². The van der Waals surface area contributed by atoms with Crippen molar-refractivity contribution < 1.29 is 15.0 Å². The van der Waals surface area contributed by atoms with Crippen molar-refractivity contribution in [3.05, 3.63) is 65.6 Å². The number of phenols is 1. The lowest BCUT2D eigenvalue weighted by Gasteiger charge is -2.12. The second-order valence-electron chi connectivity index (χ2n) is 5.30. The topological polar surface area (TPSA) is 86.9 Å². The Hall–Kier alpha value is -2.86. The van der Waals surface area contributed by atoms with Crippen LogP contribution in [0.3, 0.4) is 0 Å². The molecule has 3 N–H and O–H groups in total. The molecule has 3 aromatic rings. The Labute approximate surface area is 133 Å². The van der Waals surface area contributed by atoms with Gasteiger partial charge in [-0.15, -0.1) is 0 Å². The van der Waals surface area contributed by atoms with Gasteiger partial charge in [-0.1, -0.05) is 18.2 Å². The number of hydrogen-bond acceptors (Lipinski definition) is 4. The number of aromatic hydroxyl groups is 1. The third kappa shape index (κ3) is 3.02. The normalized spacial score (nSPS) is 12.3. The molecule has 0 spiro atoms. The minimum atomic E-state index is -0.900. The van der Waals surface area contributed by atoms with Gasteiger partial charge in [-0.3, -0.25) is 4.79 Å². The largest absolute Gasteiger partial charge is 0.508 e. The Kier molecular flexibility index (Phi) is 3.99. The Morgan fingerprint density at radius 1 is 1.30 bits per heavy atom. The van der Waals surface area contributed by atoms with E-state index in [0.29, 0.717) is 16.9 Å². The summed E-state index contributed by atoms with van der Waals surface area (Å²) >= 11 is 0. The SMILES string of the molecule is Cc1c(C(=O)NCC(O)c2cccc(O)c2)nc2ccccn12. The molecule has 3 rings (SSSR count). The highest BCUT2D eigenvalue weighted by molar-refractivity contribution is 5.94. The van der Waals surface area contributed by atoms with Gasteiger partial charge in [-0.05, 0) is 36.8 Å². The number of nitrogens with one attached hydrogen (secondary N) is 1. The van der Waals surface area contributed by atoms with Crippen molar-refractivity contribution in [3.8, 4) is 5.75 Å². The molecule has 1 aromatic carbocycles. The lowest BCUT2D eigenvalue weighted by atomic mass is 10.1. The highest BCUT2D eigenvalue weighted by Crippen LogP contribution is 2.18. The summed E-state index contributed by atoms with van der Waals surface area (Å²) < 4.78 is 1.83. The quantitative estimate of drug-likeness (QED) is 0.686. The lowest BCUT2D eigenvalue weighted by Crippen LogP contribution is -2.29. The number of rotatable bonds is 4. The first-order valence-electron chi connectivity index (χ1n) is 7.25. The molecule has 6 nitrogen and oxygen atoms in total. The summed E-state index contributed by atoms with van der Waals surface area (Å²) in [6.07, 6.45) is 0.944. The standard InChI is InChI=1S/C17H17N3O3/c1-11-16(19-15-7-2-3-8-20(11)15)17(23)18-10-14(22)12-5-4-6-13(21)9-12/h2-9,14,21-22H,10H2,1H3,(H,18,23). The van der Waals surface area contributed by atoms with Crippen molar-refractivity contribution in [1.29, 1.82) is 0 Å². The van der Waals surface area contributed by atoms with Gasteiger partial charge in [0.2, 0.25) is 0 Å². The summed E-state index contributed by atoms with van der Waals surface area (Å²) in [7, 11) is 0. The van der Waals surface area contributed by atoms with Gasteiger partial charge in [0.05, 0.1) is 11.8 Å². The molecule has 0 aliphatic carbocycles. The van der Waals surface area contributed by atoms with Gasteiger partial charge in [0.1, 0.15) is 17.1 Å². The number of phenolic OH excluding ortho intramolecular Hbond substituents is 1. The van der Waals surface area contributed by atoms with Crippen LogP contribution in [0, 0.1) is 6.92 Å². The van der Waals surface area contributed by atoms with E-state index in [1.807, 2.05) is 35.7 Å². The van der Waals surface area contributed by atoms with Gasteiger partial charge in [0, 0.05) is 12.7 Å². The summed E-state index contributed by atoms with van der Waals surface area (Å²) in [6.45, 7) is 1.86. The molecule has 1 unspecified atom stereocenters. The number of pyridine rings is 1. The van der Waals surface area contributed by atoms with Crippen LogP contribution in [0.2, 0.25) is 0 Å². The van der Waals surface area contributed by atoms with Crippen molar-refractivity contribution in [1.82, 2.24) is 14.7 Å². The molecule has 1 amide bonds. The van der Waals surface area contributed by atoms with Gasteiger partial charge in [0.15, 0.2) is 0 Å². The van der Waals surface area contributed by atoms with Crippen molar-refractivity contribution in [2.45, 2.75) is 13.0 Å². The number of aliphatic hydroxyl groups is 1. The molecule has 2 heterocycles. The van der Waals surface area contributed by atoms with Crippen LogP contribution in [0.25, 0.3) is 5.65 Å². The summed E-state index contributed by atoms with van der Waals surface area (Å²) in [4.78, 5) is 16.6. The third-order valence-corrected chi connectivity index (χ3v) is 3.69. The van der Waals surface area contributed by atoms with Crippen LogP contribution < -0.4 is 5.32 Å². The van der Waals surface area contributed by atoms with Crippen molar-refractivity contribution in [2.24, 2.45) is 0 Å². The third-order valence-electron chi connectivity index (χ3n) is 3.69. The average Bonchev–Trinajstić information content (AvgIpc) is 2.90.